The molecular formula is C13H25N. The molecule has 1 atom stereocenters. The van der Waals surface area contributed by atoms with Crippen LogP contribution in [0.5, 0.6) is 0 Å². The molecule has 0 saturated heterocycles. The molecule has 0 aromatic heterocycles. The lowest BCUT2D eigenvalue weighted by molar-refractivity contribution is 0.288. The lowest BCUT2D eigenvalue weighted by atomic mass is 9.75. The van der Waals surface area contributed by atoms with Gasteiger partial charge < -0.3 is 5.73 Å². The van der Waals surface area contributed by atoms with Crippen LogP contribution in [-0.4, -0.2) is 6.04 Å². The molecule has 1 saturated carbocycles. The van der Waals surface area contributed by atoms with Crippen molar-refractivity contribution in [2.45, 2.75) is 65.3 Å². The summed E-state index contributed by atoms with van der Waals surface area (Å²) in [4.78, 5) is 0. The Labute approximate surface area is 88.8 Å². The summed E-state index contributed by atoms with van der Waals surface area (Å²) in [7, 11) is 0. The molecule has 0 aromatic carbocycles. The summed E-state index contributed by atoms with van der Waals surface area (Å²) in [6.45, 7) is 6.91. The minimum atomic E-state index is 0.368. The summed E-state index contributed by atoms with van der Waals surface area (Å²) in [6.07, 6.45) is 9.89. The first-order valence-corrected chi connectivity index (χ1v) is 5.97. The normalized spacial score (nSPS) is 26.4. The van der Waals surface area contributed by atoms with Gasteiger partial charge in [0.15, 0.2) is 0 Å². The van der Waals surface area contributed by atoms with E-state index in [0.29, 0.717) is 11.5 Å². The third-order valence-electron chi connectivity index (χ3n) is 3.29. The summed E-state index contributed by atoms with van der Waals surface area (Å²) in [6, 6.07) is 0.368. The molecule has 1 fully saturated rings. The van der Waals surface area contributed by atoms with Crippen molar-refractivity contribution in [1.29, 1.82) is 0 Å². The molecule has 1 heteroatoms. The van der Waals surface area contributed by atoms with Gasteiger partial charge in [0.25, 0.3) is 0 Å². The lowest BCUT2D eigenvalue weighted by Crippen LogP contribution is -2.19. The fraction of sp³-hybridized carbons (Fsp3) is 0.846. The van der Waals surface area contributed by atoms with Gasteiger partial charge in [0, 0.05) is 6.04 Å². The molecule has 0 radical (unpaired) electrons. The van der Waals surface area contributed by atoms with Gasteiger partial charge in [-0.25, -0.2) is 0 Å². The predicted octanol–water partition coefficient (Wildman–Crippen LogP) is 3.64. The van der Waals surface area contributed by atoms with Gasteiger partial charge in [0.1, 0.15) is 0 Å². The van der Waals surface area contributed by atoms with Crippen LogP contribution in [0.15, 0.2) is 11.6 Å². The highest BCUT2D eigenvalue weighted by Crippen LogP contribution is 2.38. The molecule has 1 unspecified atom stereocenters. The van der Waals surface area contributed by atoms with E-state index in [4.69, 9.17) is 5.73 Å². The molecular weight excluding hydrogens is 170 g/mol. The lowest BCUT2D eigenvalue weighted by Gasteiger charge is -2.31. The van der Waals surface area contributed by atoms with Crippen LogP contribution >= 0.6 is 0 Å². The largest absolute Gasteiger partial charge is 0.327 e. The van der Waals surface area contributed by atoms with Crippen LogP contribution in [-0.2, 0) is 0 Å². The van der Waals surface area contributed by atoms with E-state index in [1.54, 1.807) is 5.57 Å². The van der Waals surface area contributed by atoms with Crippen molar-refractivity contribution < 1.29 is 0 Å². The Kier molecular flexibility index (Phi) is 4.18. The Balaban J connectivity index is 2.43. The van der Waals surface area contributed by atoms with Crippen molar-refractivity contribution in [3.63, 3.8) is 0 Å². The Morgan fingerprint density at radius 2 is 2.21 bits per heavy atom. The van der Waals surface area contributed by atoms with E-state index < -0.39 is 0 Å². The Hall–Kier alpha value is -0.300. The fourth-order valence-electron chi connectivity index (χ4n) is 2.24. The van der Waals surface area contributed by atoms with E-state index in [1.807, 2.05) is 0 Å². The standard InChI is InChI=1S/C13H25N/c1-4-12(14)8-7-11-6-5-9-13(2,3)10-11/h7,12H,4-6,8-10,14H2,1-3H3/b11-7-. The molecule has 14 heavy (non-hydrogen) atoms. The quantitative estimate of drug-likeness (QED) is 0.684. The molecule has 0 aromatic rings. The minimum absolute atomic E-state index is 0.368. The van der Waals surface area contributed by atoms with Crippen LogP contribution < -0.4 is 5.73 Å². The van der Waals surface area contributed by atoms with Gasteiger partial charge in [0.05, 0.1) is 0 Å². The highest BCUT2D eigenvalue weighted by molar-refractivity contribution is 5.08. The maximum atomic E-state index is 5.91. The maximum Gasteiger partial charge on any atom is 0.00708 e. The van der Waals surface area contributed by atoms with Gasteiger partial charge >= 0.3 is 0 Å². The molecule has 82 valence electrons. The van der Waals surface area contributed by atoms with Crippen molar-refractivity contribution in [2.75, 3.05) is 0 Å². The summed E-state index contributed by atoms with van der Waals surface area (Å²) < 4.78 is 0. The maximum absolute atomic E-state index is 5.91. The second kappa shape index (κ2) is 4.97. The first-order valence-electron chi connectivity index (χ1n) is 5.97. The van der Waals surface area contributed by atoms with Gasteiger partial charge in [-0.1, -0.05) is 32.4 Å². The Morgan fingerprint density at radius 1 is 1.50 bits per heavy atom. The van der Waals surface area contributed by atoms with Crippen molar-refractivity contribution in [3.05, 3.63) is 11.6 Å². The van der Waals surface area contributed by atoms with Crippen molar-refractivity contribution in [1.82, 2.24) is 0 Å². The number of nitrogens with two attached hydrogens (primary N) is 1. The molecule has 0 bridgehead atoms. The minimum Gasteiger partial charge on any atom is -0.327 e. The first-order chi connectivity index (χ1) is 6.53. The van der Waals surface area contributed by atoms with E-state index in [-0.39, 0.29) is 0 Å². The molecule has 0 amide bonds. The van der Waals surface area contributed by atoms with E-state index >= 15 is 0 Å². The third-order valence-corrected chi connectivity index (χ3v) is 3.29. The molecule has 0 aliphatic heterocycles. The first kappa shape index (κ1) is 11.8. The summed E-state index contributed by atoms with van der Waals surface area (Å²) in [5, 5.41) is 0. The summed E-state index contributed by atoms with van der Waals surface area (Å²) in [5.41, 5.74) is 8.08. The number of rotatable bonds is 3. The SMILES string of the molecule is CCC(N)C/C=C1/CCCC(C)(C)C1. The smallest absolute Gasteiger partial charge is 0.00708 e. The Bertz CT molecular complexity index is 203. The number of allylic oxidation sites excluding steroid dienone is 1. The van der Waals surface area contributed by atoms with Crippen LogP contribution in [0.4, 0.5) is 0 Å². The molecule has 1 rings (SSSR count). The van der Waals surface area contributed by atoms with Gasteiger partial charge in [-0.05, 0) is 43.9 Å². The average Bonchev–Trinajstić information content (AvgIpc) is 2.12. The van der Waals surface area contributed by atoms with Crippen LogP contribution in [0, 0.1) is 5.41 Å². The van der Waals surface area contributed by atoms with Crippen molar-refractivity contribution in [2.24, 2.45) is 11.1 Å². The zero-order valence-corrected chi connectivity index (χ0v) is 9.97. The zero-order valence-electron chi connectivity index (χ0n) is 9.97. The second-order valence-electron chi connectivity index (χ2n) is 5.46. The predicted molar refractivity (Wildman–Crippen MR) is 63.2 cm³/mol. The van der Waals surface area contributed by atoms with Crippen LogP contribution in [0.1, 0.15) is 59.3 Å². The summed E-state index contributed by atoms with van der Waals surface area (Å²) >= 11 is 0. The zero-order chi connectivity index (χ0) is 10.6. The van der Waals surface area contributed by atoms with E-state index in [2.05, 4.69) is 26.8 Å². The van der Waals surface area contributed by atoms with E-state index in [1.165, 1.54) is 25.7 Å². The monoisotopic (exact) mass is 195 g/mol. The summed E-state index contributed by atoms with van der Waals surface area (Å²) in [5.74, 6) is 0. The van der Waals surface area contributed by atoms with E-state index in [9.17, 15) is 0 Å². The van der Waals surface area contributed by atoms with Crippen LogP contribution in [0.25, 0.3) is 0 Å². The molecule has 1 aliphatic carbocycles. The third kappa shape index (κ3) is 3.83. The molecule has 1 nitrogen and oxygen atoms in total. The molecule has 1 aliphatic rings. The number of hydrogen-bond donors (Lipinski definition) is 1. The van der Waals surface area contributed by atoms with Gasteiger partial charge in [0.2, 0.25) is 0 Å². The van der Waals surface area contributed by atoms with Crippen molar-refractivity contribution in [3.8, 4) is 0 Å². The topological polar surface area (TPSA) is 26.0 Å². The Morgan fingerprint density at radius 3 is 2.79 bits per heavy atom. The average molecular weight is 195 g/mol. The highest BCUT2D eigenvalue weighted by atomic mass is 14.6. The van der Waals surface area contributed by atoms with Gasteiger partial charge in [-0.3, -0.25) is 0 Å². The molecule has 0 spiro atoms. The van der Waals surface area contributed by atoms with Crippen molar-refractivity contribution >= 4 is 0 Å². The fourth-order valence-corrected chi connectivity index (χ4v) is 2.24. The van der Waals surface area contributed by atoms with E-state index in [0.717, 1.165) is 12.8 Å². The van der Waals surface area contributed by atoms with Gasteiger partial charge in [-0.15, -0.1) is 0 Å². The molecule has 0 heterocycles. The van der Waals surface area contributed by atoms with Crippen LogP contribution in [0.2, 0.25) is 0 Å². The number of hydrogen-bond acceptors (Lipinski definition) is 1. The highest BCUT2D eigenvalue weighted by Gasteiger charge is 2.23. The van der Waals surface area contributed by atoms with Crippen LogP contribution in [0.3, 0.4) is 0 Å². The van der Waals surface area contributed by atoms with Gasteiger partial charge in [-0.2, -0.15) is 0 Å². The second-order valence-corrected chi connectivity index (χ2v) is 5.46. The molecule has 2 N–H and O–H groups in total.